The zero-order chi connectivity index (χ0) is 21.3. The lowest BCUT2D eigenvalue weighted by Crippen LogP contribution is -2.50. The zero-order valence-electron chi connectivity index (χ0n) is 16.7. The Labute approximate surface area is 168 Å². The first kappa shape index (κ1) is 22.8. The van der Waals surface area contributed by atoms with E-state index in [1.54, 1.807) is 14.1 Å². The van der Waals surface area contributed by atoms with Crippen LogP contribution in [0.3, 0.4) is 0 Å². The number of likely N-dealkylation sites (tertiary alicyclic amines) is 1. The van der Waals surface area contributed by atoms with Gasteiger partial charge in [0.2, 0.25) is 5.91 Å². The minimum absolute atomic E-state index is 0.000909. The molecule has 0 bridgehead atoms. The highest BCUT2D eigenvalue weighted by Gasteiger charge is 2.33. The van der Waals surface area contributed by atoms with Crippen LogP contribution in [0.15, 0.2) is 29.3 Å². The number of nitrogens with zero attached hydrogens (tertiary/aromatic N) is 2. The van der Waals surface area contributed by atoms with Gasteiger partial charge in [-0.05, 0) is 25.0 Å². The highest BCUT2D eigenvalue weighted by atomic mass is 19.4. The quantitative estimate of drug-likeness (QED) is 0.357. The van der Waals surface area contributed by atoms with E-state index in [-0.39, 0.29) is 24.3 Å². The smallest absolute Gasteiger partial charge is 0.419 e. The number of benzene rings is 1. The standard InChI is InChI=1S/C19H28F3N5O2/c1-23-17(28)13-27-10-7-14(8-11-27)26-18(24-2)25-9-12-29-16-6-4-3-5-15(16)19(20,21)22/h3-6,14H,7-13H2,1-2H3,(H,23,28)(H2,24,25,26). The molecular weight excluding hydrogens is 387 g/mol. The maximum Gasteiger partial charge on any atom is 0.419 e. The Balaban J connectivity index is 1.72. The average Bonchev–Trinajstić information content (AvgIpc) is 2.71. The molecule has 29 heavy (non-hydrogen) atoms. The SMILES string of the molecule is CN=C(NCCOc1ccccc1C(F)(F)F)NC1CCN(CC(=O)NC)CC1. The van der Waals surface area contributed by atoms with Crippen LogP contribution >= 0.6 is 0 Å². The molecule has 3 N–H and O–H groups in total. The molecule has 7 nitrogen and oxygen atoms in total. The molecule has 0 aliphatic carbocycles. The van der Waals surface area contributed by atoms with Crippen LogP contribution < -0.4 is 20.7 Å². The summed E-state index contributed by atoms with van der Waals surface area (Å²) >= 11 is 0. The molecule has 1 aromatic rings. The summed E-state index contributed by atoms with van der Waals surface area (Å²) in [7, 11) is 3.26. The first-order chi connectivity index (χ1) is 13.8. The third kappa shape index (κ3) is 7.45. The number of para-hydroxylation sites is 1. The number of carbonyl (C=O) groups excluding carboxylic acids is 1. The van der Waals surface area contributed by atoms with Crippen molar-refractivity contribution in [1.82, 2.24) is 20.9 Å². The molecule has 0 spiro atoms. The second kappa shape index (κ2) is 10.9. The number of piperidine rings is 1. The highest BCUT2D eigenvalue weighted by molar-refractivity contribution is 5.80. The van der Waals surface area contributed by atoms with Crippen molar-refractivity contribution >= 4 is 11.9 Å². The number of carbonyl (C=O) groups is 1. The van der Waals surface area contributed by atoms with Gasteiger partial charge in [-0.15, -0.1) is 0 Å². The number of halogens is 3. The number of alkyl halides is 3. The summed E-state index contributed by atoms with van der Waals surface area (Å²) in [6.45, 7) is 2.38. The van der Waals surface area contributed by atoms with E-state index in [4.69, 9.17) is 4.74 Å². The summed E-state index contributed by atoms with van der Waals surface area (Å²) in [5.74, 6) is 0.386. The van der Waals surface area contributed by atoms with E-state index in [0.717, 1.165) is 32.0 Å². The minimum atomic E-state index is -4.45. The van der Waals surface area contributed by atoms with E-state index in [1.165, 1.54) is 18.2 Å². The van der Waals surface area contributed by atoms with Crippen molar-refractivity contribution in [2.45, 2.75) is 25.1 Å². The molecule has 1 heterocycles. The largest absolute Gasteiger partial charge is 0.491 e. The summed E-state index contributed by atoms with van der Waals surface area (Å²) in [5.41, 5.74) is -0.786. The Hall–Kier alpha value is -2.49. The van der Waals surface area contributed by atoms with Crippen molar-refractivity contribution in [3.8, 4) is 5.75 Å². The Morgan fingerprint density at radius 2 is 1.97 bits per heavy atom. The van der Waals surface area contributed by atoms with Crippen molar-refractivity contribution in [3.05, 3.63) is 29.8 Å². The van der Waals surface area contributed by atoms with Gasteiger partial charge >= 0.3 is 6.18 Å². The molecule has 2 rings (SSSR count). The van der Waals surface area contributed by atoms with Gasteiger partial charge in [0, 0.05) is 33.2 Å². The minimum Gasteiger partial charge on any atom is -0.491 e. The van der Waals surface area contributed by atoms with Gasteiger partial charge in [-0.2, -0.15) is 13.2 Å². The first-order valence-electron chi connectivity index (χ1n) is 9.52. The molecule has 1 saturated heterocycles. The van der Waals surface area contributed by atoms with Gasteiger partial charge in [0.15, 0.2) is 5.96 Å². The van der Waals surface area contributed by atoms with Gasteiger partial charge in [0.05, 0.1) is 18.7 Å². The van der Waals surface area contributed by atoms with Crippen LogP contribution in [0, 0.1) is 0 Å². The second-order valence-corrected chi connectivity index (χ2v) is 6.71. The molecule has 1 fully saturated rings. The summed E-state index contributed by atoms with van der Waals surface area (Å²) in [4.78, 5) is 17.7. The maximum atomic E-state index is 13.0. The fourth-order valence-corrected chi connectivity index (χ4v) is 3.06. The van der Waals surface area contributed by atoms with Crippen molar-refractivity contribution in [3.63, 3.8) is 0 Å². The molecule has 0 unspecified atom stereocenters. The van der Waals surface area contributed by atoms with E-state index in [2.05, 4.69) is 25.8 Å². The number of nitrogens with one attached hydrogen (secondary N) is 3. The number of hydrogen-bond acceptors (Lipinski definition) is 4. The molecule has 0 radical (unpaired) electrons. The predicted molar refractivity (Wildman–Crippen MR) is 105 cm³/mol. The van der Waals surface area contributed by atoms with Gasteiger partial charge in [-0.1, -0.05) is 12.1 Å². The number of likely N-dealkylation sites (N-methyl/N-ethyl adjacent to an activating group) is 1. The van der Waals surface area contributed by atoms with Crippen molar-refractivity contribution < 1.29 is 22.7 Å². The number of amides is 1. The Morgan fingerprint density at radius 3 is 2.59 bits per heavy atom. The Kier molecular flexibility index (Phi) is 8.56. The molecule has 0 aromatic heterocycles. The number of guanidine groups is 1. The molecule has 1 aliphatic heterocycles. The fraction of sp³-hybridized carbons (Fsp3) is 0.579. The molecule has 10 heteroatoms. The lowest BCUT2D eigenvalue weighted by atomic mass is 10.1. The third-order valence-corrected chi connectivity index (χ3v) is 4.64. The average molecular weight is 415 g/mol. The molecule has 1 aliphatic rings. The summed E-state index contributed by atoms with van der Waals surface area (Å²) in [5, 5.41) is 8.97. The normalized spacial score (nSPS) is 16.4. The van der Waals surface area contributed by atoms with E-state index in [9.17, 15) is 18.0 Å². The monoisotopic (exact) mass is 415 g/mol. The van der Waals surface area contributed by atoms with Crippen LogP contribution in [-0.4, -0.2) is 69.7 Å². The topological polar surface area (TPSA) is 78.0 Å². The van der Waals surface area contributed by atoms with Crippen LogP contribution in [-0.2, 0) is 11.0 Å². The summed E-state index contributed by atoms with van der Waals surface area (Å²) in [6.07, 6.45) is -2.71. The van der Waals surface area contributed by atoms with Crippen LogP contribution in [0.2, 0.25) is 0 Å². The molecule has 162 valence electrons. The predicted octanol–water partition coefficient (Wildman–Crippen LogP) is 1.46. The number of hydrogen-bond donors (Lipinski definition) is 3. The number of ether oxygens (including phenoxy) is 1. The first-order valence-corrected chi connectivity index (χ1v) is 9.52. The molecule has 0 saturated carbocycles. The highest BCUT2D eigenvalue weighted by Crippen LogP contribution is 2.35. The zero-order valence-corrected chi connectivity index (χ0v) is 16.7. The maximum absolute atomic E-state index is 13.0. The van der Waals surface area contributed by atoms with Gasteiger partial charge < -0.3 is 20.7 Å². The molecular formula is C19H28F3N5O2. The van der Waals surface area contributed by atoms with Gasteiger partial charge in [-0.25, -0.2) is 0 Å². The van der Waals surface area contributed by atoms with E-state index < -0.39 is 11.7 Å². The van der Waals surface area contributed by atoms with Crippen LogP contribution in [0.4, 0.5) is 13.2 Å². The van der Waals surface area contributed by atoms with Crippen molar-refractivity contribution in [1.29, 1.82) is 0 Å². The van der Waals surface area contributed by atoms with Gasteiger partial charge in [0.1, 0.15) is 12.4 Å². The summed E-state index contributed by atoms with van der Waals surface area (Å²) < 4.78 is 44.2. The van der Waals surface area contributed by atoms with Gasteiger partial charge in [0.25, 0.3) is 0 Å². The van der Waals surface area contributed by atoms with Crippen molar-refractivity contribution in [2.24, 2.45) is 4.99 Å². The lowest BCUT2D eigenvalue weighted by Gasteiger charge is -2.32. The van der Waals surface area contributed by atoms with Crippen LogP contribution in [0.5, 0.6) is 5.75 Å². The Morgan fingerprint density at radius 1 is 1.28 bits per heavy atom. The van der Waals surface area contributed by atoms with Crippen LogP contribution in [0.25, 0.3) is 0 Å². The molecule has 1 amide bonds. The Bertz CT molecular complexity index is 689. The van der Waals surface area contributed by atoms with E-state index in [0.29, 0.717) is 19.0 Å². The molecule has 1 aromatic carbocycles. The van der Waals surface area contributed by atoms with E-state index >= 15 is 0 Å². The third-order valence-electron chi connectivity index (χ3n) is 4.64. The second-order valence-electron chi connectivity index (χ2n) is 6.71. The van der Waals surface area contributed by atoms with Gasteiger partial charge in [-0.3, -0.25) is 14.7 Å². The fourth-order valence-electron chi connectivity index (χ4n) is 3.06. The lowest BCUT2D eigenvalue weighted by molar-refractivity contribution is -0.139. The van der Waals surface area contributed by atoms with Crippen molar-refractivity contribution in [2.75, 3.05) is 46.9 Å². The summed E-state index contributed by atoms with van der Waals surface area (Å²) in [6, 6.07) is 5.37. The number of rotatable bonds is 7. The molecule has 0 atom stereocenters. The van der Waals surface area contributed by atoms with Crippen LogP contribution in [0.1, 0.15) is 18.4 Å². The number of aliphatic imine (C=N–C) groups is 1. The van der Waals surface area contributed by atoms with E-state index in [1.807, 2.05) is 0 Å².